The number of benzene rings is 2. The second-order valence-corrected chi connectivity index (χ2v) is 8.66. The summed E-state index contributed by atoms with van der Waals surface area (Å²) in [5.41, 5.74) is 4.60. The number of aromatic nitrogens is 4. The predicted octanol–water partition coefficient (Wildman–Crippen LogP) is 3.02. The van der Waals surface area contributed by atoms with Crippen LogP contribution in [0.1, 0.15) is 11.1 Å². The minimum Gasteiger partial charge on any atom is -0.493 e. The second kappa shape index (κ2) is 8.82. The van der Waals surface area contributed by atoms with Crippen LogP contribution in [0, 0.1) is 0 Å². The maximum Gasteiger partial charge on any atom is 0.181 e. The first-order valence-corrected chi connectivity index (χ1v) is 11.7. The van der Waals surface area contributed by atoms with Crippen LogP contribution < -0.4 is 19.7 Å². The molecule has 5 rings (SSSR count). The zero-order valence-electron chi connectivity index (χ0n) is 18.1. The Hall–Kier alpha value is -3.46. The lowest BCUT2D eigenvalue weighted by Crippen LogP contribution is -2.22. The SMILES string of the molecule is COc1cc2nc(-n3cncn3)c3c(c2cc1OC)N(Cc1ccc(CP(O)O)cc1)CN3. The molecule has 3 heterocycles. The van der Waals surface area contributed by atoms with Crippen molar-refractivity contribution in [3.63, 3.8) is 0 Å². The molecule has 170 valence electrons. The highest BCUT2D eigenvalue weighted by molar-refractivity contribution is 7.44. The van der Waals surface area contributed by atoms with E-state index in [1.165, 1.54) is 6.33 Å². The summed E-state index contributed by atoms with van der Waals surface area (Å²) in [7, 11) is 1.27. The molecule has 4 aromatic rings. The smallest absolute Gasteiger partial charge is 0.181 e. The van der Waals surface area contributed by atoms with Gasteiger partial charge in [0.2, 0.25) is 0 Å². The molecule has 33 heavy (non-hydrogen) atoms. The van der Waals surface area contributed by atoms with E-state index >= 15 is 0 Å². The summed E-state index contributed by atoms with van der Waals surface area (Å²) >= 11 is 0. The molecule has 0 bridgehead atoms. The molecule has 0 amide bonds. The van der Waals surface area contributed by atoms with Crippen molar-refractivity contribution in [3.8, 4) is 17.3 Å². The number of anilines is 2. The van der Waals surface area contributed by atoms with E-state index in [2.05, 4.69) is 20.3 Å². The van der Waals surface area contributed by atoms with Crippen LogP contribution in [-0.2, 0) is 12.7 Å². The molecule has 1 aliphatic heterocycles. The molecule has 0 radical (unpaired) electrons. The van der Waals surface area contributed by atoms with Crippen molar-refractivity contribution in [3.05, 3.63) is 60.2 Å². The maximum absolute atomic E-state index is 9.27. The first-order valence-electron chi connectivity index (χ1n) is 10.2. The van der Waals surface area contributed by atoms with E-state index in [0.29, 0.717) is 30.5 Å². The Kier molecular flexibility index (Phi) is 5.72. The number of ether oxygens (including phenoxy) is 2. The monoisotopic (exact) mass is 466 g/mol. The number of methoxy groups -OCH3 is 2. The van der Waals surface area contributed by atoms with Crippen molar-refractivity contribution in [1.82, 2.24) is 19.7 Å². The van der Waals surface area contributed by atoms with Crippen molar-refractivity contribution in [2.24, 2.45) is 0 Å². The van der Waals surface area contributed by atoms with Gasteiger partial charge < -0.3 is 29.5 Å². The highest BCUT2D eigenvalue weighted by Crippen LogP contribution is 2.45. The molecule has 2 aromatic heterocycles. The summed E-state index contributed by atoms with van der Waals surface area (Å²) in [6.45, 7) is 1.24. The number of hydrogen-bond acceptors (Lipinski definition) is 9. The third kappa shape index (κ3) is 4.04. The topological polar surface area (TPSA) is 118 Å². The Labute approximate surface area is 191 Å². The Morgan fingerprint density at radius 3 is 2.45 bits per heavy atom. The average molecular weight is 466 g/mol. The van der Waals surface area contributed by atoms with Gasteiger partial charge in [0.05, 0.1) is 32.1 Å². The van der Waals surface area contributed by atoms with E-state index in [-0.39, 0.29) is 6.16 Å². The van der Waals surface area contributed by atoms with Crippen LogP contribution in [-0.4, -0.2) is 50.4 Å². The zero-order valence-corrected chi connectivity index (χ0v) is 19.0. The van der Waals surface area contributed by atoms with Gasteiger partial charge in [0, 0.05) is 24.2 Å². The lowest BCUT2D eigenvalue weighted by molar-refractivity contribution is 0.356. The van der Waals surface area contributed by atoms with Gasteiger partial charge in [-0.25, -0.2) is 14.6 Å². The summed E-state index contributed by atoms with van der Waals surface area (Å²) in [5.74, 6) is 1.88. The number of fused-ring (bicyclic) bond motifs is 3. The molecule has 2 aromatic carbocycles. The fraction of sp³-hybridized carbons (Fsp3) is 0.227. The summed E-state index contributed by atoms with van der Waals surface area (Å²) < 4.78 is 12.7. The number of pyridine rings is 1. The zero-order chi connectivity index (χ0) is 22.9. The number of rotatable bonds is 7. The molecule has 3 N–H and O–H groups in total. The van der Waals surface area contributed by atoms with Crippen LogP contribution in [0.5, 0.6) is 11.5 Å². The predicted molar refractivity (Wildman–Crippen MR) is 126 cm³/mol. The van der Waals surface area contributed by atoms with Gasteiger partial charge in [0.15, 0.2) is 25.7 Å². The van der Waals surface area contributed by atoms with Gasteiger partial charge >= 0.3 is 0 Å². The fourth-order valence-corrected chi connectivity index (χ4v) is 4.60. The average Bonchev–Trinajstić information content (AvgIpc) is 3.49. The Morgan fingerprint density at radius 1 is 1.06 bits per heavy atom. The maximum atomic E-state index is 9.27. The van der Waals surface area contributed by atoms with Gasteiger partial charge in [-0.3, -0.25) is 0 Å². The van der Waals surface area contributed by atoms with E-state index in [9.17, 15) is 9.79 Å². The number of nitrogens with one attached hydrogen (secondary N) is 1. The molecule has 0 saturated heterocycles. The molecule has 0 fully saturated rings. The summed E-state index contributed by atoms with van der Waals surface area (Å²) in [6, 6.07) is 11.7. The lowest BCUT2D eigenvalue weighted by Gasteiger charge is -2.21. The van der Waals surface area contributed by atoms with Gasteiger partial charge in [-0.05, 0) is 17.2 Å². The molecule has 0 unspecified atom stereocenters. The first-order chi connectivity index (χ1) is 16.1. The van der Waals surface area contributed by atoms with E-state index in [0.717, 1.165) is 33.4 Å². The second-order valence-electron chi connectivity index (χ2n) is 7.60. The Balaban J connectivity index is 1.60. The summed E-state index contributed by atoms with van der Waals surface area (Å²) in [5, 5.41) is 8.67. The largest absolute Gasteiger partial charge is 0.493 e. The highest BCUT2D eigenvalue weighted by Gasteiger charge is 2.28. The fourth-order valence-electron chi connectivity index (χ4n) is 4.06. The van der Waals surface area contributed by atoms with Crippen LogP contribution in [0.25, 0.3) is 16.7 Å². The molecule has 0 spiro atoms. The first kappa shape index (κ1) is 21.4. The molecule has 0 saturated carbocycles. The summed E-state index contributed by atoms with van der Waals surface area (Å²) in [6.07, 6.45) is 3.37. The minimum atomic E-state index is -1.95. The van der Waals surface area contributed by atoms with Crippen molar-refractivity contribution in [2.45, 2.75) is 12.7 Å². The van der Waals surface area contributed by atoms with Gasteiger partial charge in [0.1, 0.15) is 18.3 Å². The lowest BCUT2D eigenvalue weighted by atomic mass is 10.1. The Morgan fingerprint density at radius 2 is 1.79 bits per heavy atom. The van der Waals surface area contributed by atoms with E-state index in [1.54, 1.807) is 25.2 Å². The molecule has 0 aliphatic carbocycles. The van der Waals surface area contributed by atoms with Crippen LogP contribution in [0.3, 0.4) is 0 Å². The van der Waals surface area contributed by atoms with E-state index in [1.807, 2.05) is 36.4 Å². The van der Waals surface area contributed by atoms with Crippen molar-refractivity contribution < 1.29 is 19.3 Å². The molecule has 1 aliphatic rings. The van der Waals surface area contributed by atoms with Crippen LogP contribution in [0.2, 0.25) is 0 Å². The van der Waals surface area contributed by atoms with E-state index < -0.39 is 8.38 Å². The Bertz CT molecular complexity index is 1280. The van der Waals surface area contributed by atoms with Crippen LogP contribution in [0.15, 0.2) is 49.1 Å². The van der Waals surface area contributed by atoms with Crippen molar-refractivity contribution in [2.75, 3.05) is 31.1 Å². The summed E-state index contributed by atoms with van der Waals surface area (Å²) in [4.78, 5) is 29.7. The van der Waals surface area contributed by atoms with Crippen molar-refractivity contribution in [1.29, 1.82) is 0 Å². The number of hydrogen-bond donors (Lipinski definition) is 3. The van der Waals surface area contributed by atoms with Crippen LogP contribution >= 0.6 is 8.38 Å². The molecule has 11 heteroatoms. The molecule has 10 nitrogen and oxygen atoms in total. The van der Waals surface area contributed by atoms with Gasteiger partial charge in [-0.15, -0.1) is 0 Å². The molecule has 0 atom stereocenters. The third-order valence-corrected chi connectivity index (χ3v) is 6.21. The number of nitrogens with zero attached hydrogens (tertiary/aromatic N) is 5. The molecular formula is C22H23N6O4P. The minimum absolute atomic E-state index is 0.267. The van der Waals surface area contributed by atoms with Gasteiger partial charge in [-0.2, -0.15) is 5.10 Å². The van der Waals surface area contributed by atoms with Crippen LogP contribution in [0.4, 0.5) is 11.4 Å². The van der Waals surface area contributed by atoms with E-state index in [4.69, 9.17) is 14.5 Å². The third-order valence-electron chi connectivity index (χ3n) is 5.56. The quantitative estimate of drug-likeness (QED) is 0.353. The van der Waals surface area contributed by atoms with Gasteiger partial charge in [0.25, 0.3) is 0 Å². The normalized spacial score (nSPS) is 12.8. The highest BCUT2D eigenvalue weighted by atomic mass is 31.2. The van der Waals surface area contributed by atoms with Gasteiger partial charge in [-0.1, -0.05) is 24.3 Å². The van der Waals surface area contributed by atoms with Crippen molar-refractivity contribution >= 4 is 30.7 Å². The standard InChI is InChI=1S/C22H23N6O4P/c1-31-18-7-16-17(8-19(18)32-2)26-22(28-12-23-11-25-28)20-21(16)27(13-24-20)9-14-3-5-15(6-4-14)10-33(29)30/h3-8,11-12,24,29-30H,9-10,13H2,1-2H3. The molecular weight excluding hydrogens is 443 g/mol.